The lowest BCUT2D eigenvalue weighted by Gasteiger charge is -2.25. The minimum Gasteiger partial charge on any atom is -0.445 e. The molecule has 1 amide bonds. The molecule has 0 bridgehead atoms. The van der Waals surface area contributed by atoms with Gasteiger partial charge >= 0.3 is 6.09 Å². The predicted molar refractivity (Wildman–Crippen MR) is 82.5 cm³/mol. The Morgan fingerprint density at radius 3 is 2.45 bits per heavy atom. The van der Waals surface area contributed by atoms with Crippen molar-refractivity contribution in [2.75, 3.05) is 6.54 Å². The topological polar surface area (TPSA) is 38.3 Å². The highest BCUT2D eigenvalue weighted by molar-refractivity contribution is 5.67. The Labute approximate surface area is 122 Å². The van der Waals surface area contributed by atoms with E-state index in [0.29, 0.717) is 19.1 Å². The molecule has 0 saturated carbocycles. The van der Waals surface area contributed by atoms with E-state index in [1.807, 2.05) is 30.3 Å². The van der Waals surface area contributed by atoms with Crippen molar-refractivity contribution in [3.8, 4) is 0 Å². The van der Waals surface area contributed by atoms with Crippen LogP contribution < -0.4 is 5.32 Å². The summed E-state index contributed by atoms with van der Waals surface area (Å²) in [4.78, 5) is 11.7. The zero-order chi connectivity index (χ0) is 15.0. The summed E-state index contributed by atoms with van der Waals surface area (Å²) in [6, 6.07) is 9.71. The highest BCUT2D eigenvalue weighted by atomic mass is 16.5. The monoisotopic (exact) mass is 277 g/mol. The van der Waals surface area contributed by atoms with Crippen molar-refractivity contribution in [2.45, 2.75) is 47.1 Å². The zero-order valence-corrected chi connectivity index (χ0v) is 13.1. The first-order valence-corrected chi connectivity index (χ1v) is 7.35. The Kier molecular flexibility index (Phi) is 6.56. The van der Waals surface area contributed by atoms with Crippen LogP contribution in [0.5, 0.6) is 0 Å². The molecule has 0 fully saturated rings. The zero-order valence-electron chi connectivity index (χ0n) is 13.1. The molecule has 1 rings (SSSR count). The molecular formula is C17H27NO2. The fraction of sp³-hybridized carbons (Fsp3) is 0.588. The molecule has 0 saturated heterocycles. The van der Waals surface area contributed by atoms with Gasteiger partial charge in [0.2, 0.25) is 0 Å². The summed E-state index contributed by atoms with van der Waals surface area (Å²) in [5, 5.41) is 2.87. The number of nitrogens with one attached hydrogen (secondary N) is 1. The molecule has 1 atom stereocenters. The van der Waals surface area contributed by atoms with Crippen LogP contribution in [0.1, 0.15) is 46.1 Å². The van der Waals surface area contributed by atoms with E-state index in [2.05, 4.69) is 33.0 Å². The normalized spacial score (nSPS) is 12.8. The third-order valence-corrected chi connectivity index (χ3v) is 3.23. The molecule has 0 spiro atoms. The molecule has 0 aliphatic carbocycles. The Bertz CT molecular complexity index is 395. The number of amides is 1. The second-order valence-corrected chi connectivity index (χ2v) is 6.48. The van der Waals surface area contributed by atoms with E-state index >= 15 is 0 Å². The fourth-order valence-electron chi connectivity index (χ4n) is 2.23. The van der Waals surface area contributed by atoms with Crippen LogP contribution in [-0.4, -0.2) is 12.6 Å². The summed E-state index contributed by atoms with van der Waals surface area (Å²) in [5.74, 6) is 0.499. The van der Waals surface area contributed by atoms with E-state index in [1.54, 1.807) is 0 Å². The van der Waals surface area contributed by atoms with E-state index in [1.165, 1.54) is 0 Å². The third-order valence-electron chi connectivity index (χ3n) is 3.23. The average molecular weight is 277 g/mol. The Hall–Kier alpha value is -1.51. The Morgan fingerprint density at radius 2 is 1.90 bits per heavy atom. The van der Waals surface area contributed by atoms with E-state index in [9.17, 15) is 4.79 Å². The van der Waals surface area contributed by atoms with E-state index in [4.69, 9.17) is 4.74 Å². The van der Waals surface area contributed by atoms with Crippen molar-refractivity contribution in [1.29, 1.82) is 0 Å². The number of carbonyl (C=O) groups excluding carboxylic acids is 1. The van der Waals surface area contributed by atoms with Crippen molar-refractivity contribution >= 4 is 6.09 Å². The third kappa shape index (κ3) is 7.17. The van der Waals surface area contributed by atoms with E-state index in [-0.39, 0.29) is 11.5 Å². The van der Waals surface area contributed by atoms with Gasteiger partial charge in [-0.15, -0.1) is 0 Å². The molecule has 0 aliphatic rings. The summed E-state index contributed by atoms with van der Waals surface area (Å²) < 4.78 is 5.20. The van der Waals surface area contributed by atoms with Gasteiger partial charge in [0.15, 0.2) is 0 Å². The number of carbonyl (C=O) groups is 1. The van der Waals surface area contributed by atoms with Gasteiger partial charge in [-0.3, -0.25) is 0 Å². The summed E-state index contributed by atoms with van der Waals surface area (Å²) in [5.41, 5.74) is 1.29. The molecule has 20 heavy (non-hydrogen) atoms. The van der Waals surface area contributed by atoms with Gasteiger partial charge in [-0.2, -0.15) is 0 Å². The number of hydrogen-bond donors (Lipinski definition) is 1. The molecule has 0 aliphatic heterocycles. The van der Waals surface area contributed by atoms with Crippen molar-refractivity contribution in [3.63, 3.8) is 0 Å². The van der Waals surface area contributed by atoms with Crippen LogP contribution in [0.4, 0.5) is 4.79 Å². The van der Waals surface area contributed by atoms with Crippen LogP contribution in [-0.2, 0) is 11.3 Å². The molecule has 0 radical (unpaired) electrons. The highest BCUT2D eigenvalue weighted by Crippen LogP contribution is 2.25. The second-order valence-electron chi connectivity index (χ2n) is 6.48. The molecular weight excluding hydrogens is 250 g/mol. The summed E-state index contributed by atoms with van der Waals surface area (Å²) >= 11 is 0. The van der Waals surface area contributed by atoms with Crippen LogP contribution >= 0.6 is 0 Å². The molecule has 0 heterocycles. The number of alkyl carbamates (subject to hydrolysis) is 1. The molecule has 1 aromatic carbocycles. The maximum atomic E-state index is 11.7. The van der Waals surface area contributed by atoms with Gasteiger partial charge < -0.3 is 10.1 Å². The first-order valence-electron chi connectivity index (χ1n) is 7.35. The smallest absolute Gasteiger partial charge is 0.407 e. The average Bonchev–Trinajstić information content (AvgIpc) is 2.41. The molecule has 112 valence electrons. The van der Waals surface area contributed by atoms with Gasteiger partial charge in [0, 0.05) is 6.54 Å². The standard InChI is InChI=1S/C17H27NO2/c1-5-14(11-17(2,3)4)12-18-16(19)20-13-15-9-7-6-8-10-15/h6-10,14H,5,11-13H2,1-4H3,(H,18,19). The van der Waals surface area contributed by atoms with E-state index in [0.717, 1.165) is 18.4 Å². The molecule has 0 aromatic heterocycles. The first-order chi connectivity index (χ1) is 9.40. The maximum absolute atomic E-state index is 11.7. The van der Waals surface area contributed by atoms with Crippen molar-refractivity contribution < 1.29 is 9.53 Å². The Balaban J connectivity index is 2.28. The minimum absolute atomic E-state index is 0.288. The van der Waals surface area contributed by atoms with Gasteiger partial charge in [0.05, 0.1) is 0 Å². The van der Waals surface area contributed by atoms with E-state index < -0.39 is 0 Å². The minimum atomic E-state index is -0.332. The number of rotatable bonds is 6. The van der Waals surface area contributed by atoms with Crippen LogP contribution in [0, 0.1) is 11.3 Å². The fourth-order valence-corrected chi connectivity index (χ4v) is 2.23. The number of hydrogen-bond acceptors (Lipinski definition) is 2. The second kappa shape index (κ2) is 7.93. The van der Waals surface area contributed by atoms with Gasteiger partial charge in [0.1, 0.15) is 6.61 Å². The van der Waals surface area contributed by atoms with Gasteiger partial charge in [-0.25, -0.2) is 4.79 Å². The van der Waals surface area contributed by atoms with Crippen LogP contribution in [0.25, 0.3) is 0 Å². The number of ether oxygens (including phenoxy) is 1. The molecule has 3 nitrogen and oxygen atoms in total. The van der Waals surface area contributed by atoms with Crippen LogP contribution in [0.15, 0.2) is 30.3 Å². The lowest BCUT2D eigenvalue weighted by Crippen LogP contribution is -2.31. The van der Waals surface area contributed by atoms with Crippen LogP contribution in [0.2, 0.25) is 0 Å². The lowest BCUT2D eigenvalue weighted by molar-refractivity contribution is 0.136. The predicted octanol–water partition coefficient (Wildman–Crippen LogP) is 4.38. The first kappa shape index (κ1) is 16.5. The quantitative estimate of drug-likeness (QED) is 0.838. The van der Waals surface area contributed by atoms with Crippen molar-refractivity contribution in [1.82, 2.24) is 5.32 Å². The van der Waals surface area contributed by atoms with Gasteiger partial charge in [0.25, 0.3) is 0 Å². The summed E-state index contributed by atoms with van der Waals surface area (Å²) in [6.07, 6.45) is 1.83. The van der Waals surface area contributed by atoms with Crippen molar-refractivity contribution in [3.05, 3.63) is 35.9 Å². The van der Waals surface area contributed by atoms with Gasteiger partial charge in [-0.05, 0) is 23.3 Å². The lowest BCUT2D eigenvalue weighted by atomic mass is 9.83. The maximum Gasteiger partial charge on any atom is 0.407 e. The van der Waals surface area contributed by atoms with Gasteiger partial charge in [-0.1, -0.05) is 64.4 Å². The molecule has 1 unspecified atom stereocenters. The Morgan fingerprint density at radius 1 is 1.25 bits per heavy atom. The molecule has 3 heteroatoms. The molecule has 1 aromatic rings. The highest BCUT2D eigenvalue weighted by Gasteiger charge is 2.18. The molecule has 1 N–H and O–H groups in total. The summed E-state index contributed by atoms with van der Waals surface area (Å²) in [7, 11) is 0. The summed E-state index contributed by atoms with van der Waals surface area (Å²) in [6.45, 7) is 9.84. The largest absolute Gasteiger partial charge is 0.445 e. The number of benzene rings is 1. The van der Waals surface area contributed by atoms with Crippen LogP contribution in [0.3, 0.4) is 0 Å². The van der Waals surface area contributed by atoms with Crippen molar-refractivity contribution in [2.24, 2.45) is 11.3 Å². The SMILES string of the molecule is CCC(CNC(=O)OCc1ccccc1)CC(C)(C)C.